The van der Waals surface area contributed by atoms with Crippen molar-refractivity contribution in [3.63, 3.8) is 0 Å². The van der Waals surface area contributed by atoms with E-state index in [9.17, 15) is 13.6 Å². The molecule has 0 aliphatic rings. The highest BCUT2D eigenvalue weighted by Gasteiger charge is 2.23. The van der Waals surface area contributed by atoms with Gasteiger partial charge in [0.25, 0.3) is 0 Å². The Labute approximate surface area is 79.2 Å². The third-order valence-electron chi connectivity index (χ3n) is 1.90. The highest BCUT2D eigenvalue weighted by molar-refractivity contribution is 5.75. The lowest BCUT2D eigenvalue weighted by atomic mass is 10.0. The molecule has 14 heavy (non-hydrogen) atoms. The van der Waals surface area contributed by atoms with Gasteiger partial charge in [-0.3, -0.25) is 4.79 Å². The first kappa shape index (κ1) is 10.6. The van der Waals surface area contributed by atoms with E-state index < -0.39 is 29.2 Å². The SMILES string of the molecule is Cc1ccc(F)c([C@H](N)C(=O)O)c1F. The summed E-state index contributed by atoms with van der Waals surface area (Å²) in [7, 11) is 0. The van der Waals surface area contributed by atoms with Crippen molar-refractivity contribution in [2.45, 2.75) is 13.0 Å². The Bertz CT molecular complexity index is 379. The van der Waals surface area contributed by atoms with Gasteiger partial charge < -0.3 is 10.8 Å². The Balaban J connectivity index is 3.32. The van der Waals surface area contributed by atoms with Crippen LogP contribution in [0.1, 0.15) is 17.2 Å². The maximum Gasteiger partial charge on any atom is 0.325 e. The molecule has 0 unspecified atom stereocenters. The van der Waals surface area contributed by atoms with Crippen LogP contribution < -0.4 is 5.73 Å². The Morgan fingerprint density at radius 1 is 1.50 bits per heavy atom. The fourth-order valence-corrected chi connectivity index (χ4v) is 1.09. The summed E-state index contributed by atoms with van der Waals surface area (Å²) >= 11 is 0. The van der Waals surface area contributed by atoms with Gasteiger partial charge >= 0.3 is 5.97 Å². The third kappa shape index (κ3) is 1.72. The number of rotatable bonds is 2. The van der Waals surface area contributed by atoms with E-state index in [4.69, 9.17) is 10.8 Å². The number of carboxylic acids is 1. The summed E-state index contributed by atoms with van der Waals surface area (Å²) in [5.41, 5.74) is 4.69. The first-order chi connectivity index (χ1) is 6.45. The van der Waals surface area contributed by atoms with Crippen LogP contribution in [0.15, 0.2) is 12.1 Å². The number of carbonyl (C=O) groups is 1. The zero-order chi connectivity index (χ0) is 10.9. The molecule has 0 amide bonds. The van der Waals surface area contributed by atoms with Crippen LogP contribution in [0.4, 0.5) is 8.78 Å². The molecule has 76 valence electrons. The molecule has 0 aliphatic carbocycles. The van der Waals surface area contributed by atoms with E-state index in [0.717, 1.165) is 6.07 Å². The minimum atomic E-state index is -1.67. The van der Waals surface area contributed by atoms with Crippen LogP contribution in [-0.2, 0) is 4.79 Å². The second-order valence-corrected chi connectivity index (χ2v) is 2.91. The van der Waals surface area contributed by atoms with Crippen molar-refractivity contribution in [1.29, 1.82) is 0 Å². The molecule has 5 heteroatoms. The number of nitrogens with two attached hydrogens (primary N) is 1. The molecule has 1 atom stereocenters. The molecule has 1 rings (SSSR count). The van der Waals surface area contributed by atoms with Crippen LogP contribution in [0, 0.1) is 18.6 Å². The number of aliphatic carboxylic acids is 1. The van der Waals surface area contributed by atoms with Crippen molar-refractivity contribution in [1.82, 2.24) is 0 Å². The smallest absolute Gasteiger partial charge is 0.325 e. The number of halogens is 2. The van der Waals surface area contributed by atoms with Crippen molar-refractivity contribution in [3.8, 4) is 0 Å². The van der Waals surface area contributed by atoms with Crippen molar-refractivity contribution >= 4 is 5.97 Å². The van der Waals surface area contributed by atoms with Gasteiger partial charge in [0.2, 0.25) is 0 Å². The topological polar surface area (TPSA) is 63.3 Å². The maximum absolute atomic E-state index is 13.3. The summed E-state index contributed by atoms with van der Waals surface area (Å²) in [6.45, 7) is 1.41. The number of carboxylic acid groups (broad SMARTS) is 1. The summed E-state index contributed by atoms with van der Waals surface area (Å²) in [6, 6.07) is 0.550. The zero-order valence-electron chi connectivity index (χ0n) is 7.42. The molecular weight excluding hydrogens is 192 g/mol. The minimum absolute atomic E-state index is 0.165. The van der Waals surface area contributed by atoms with Crippen molar-refractivity contribution < 1.29 is 18.7 Å². The van der Waals surface area contributed by atoms with E-state index >= 15 is 0 Å². The van der Waals surface area contributed by atoms with Gasteiger partial charge in [0, 0.05) is 0 Å². The summed E-state index contributed by atoms with van der Waals surface area (Å²) in [5.74, 6) is -3.31. The van der Waals surface area contributed by atoms with Gasteiger partial charge in [-0.05, 0) is 18.6 Å². The second kappa shape index (κ2) is 3.71. The van der Waals surface area contributed by atoms with Gasteiger partial charge in [0.05, 0.1) is 5.56 Å². The molecule has 0 spiro atoms. The Morgan fingerprint density at radius 2 is 2.07 bits per heavy atom. The molecule has 0 saturated carbocycles. The molecule has 1 aromatic rings. The molecule has 0 bridgehead atoms. The highest BCUT2D eigenvalue weighted by atomic mass is 19.1. The average Bonchev–Trinajstić information content (AvgIpc) is 2.12. The average molecular weight is 201 g/mol. The van der Waals surface area contributed by atoms with E-state index in [-0.39, 0.29) is 5.56 Å². The highest BCUT2D eigenvalue weighted by Crippen LogP contribution is 2.21. The summed E-state index contributed by atoms with van der Waals surface area (Å²) in [6.07, 6.45) is 0. The minimum Gasteiger partial charge on any atom is -0.480 e. The van der Waals surface area contributed by atoms with Crippen LogP contribution in [0.3, 0.4) is 0 Å². The molecule has 0 saturated heterocycles. The maximum atomic E-state index is 13.3. The predicted octanol–water partition coefficient (Wildman–Crippen LogP) is 1.36. The standard InChI is InChI=1S/C9H9F2NO2/c1-4-2-3-5(10)6(7(4)11)8(12)9(13)14/h2-3,8H,12H2,1H3,(H,13,14)/t8-/m0/s1. The first-order valence-electron chi connectivity index (χ1n) is 3.88. The fourth-order valence-electron chi connectivity index (χ4n) is 1.09. The van der Waals surface area contributed by atoms with Crippen molar-refractivity contribution in [2.75, 3.05) is 0 Å². The monoisotopic (exact) mass is 201 g/mol. The van der Waals surface area contributed by atoms with Gasteiger partial charge in [-0.25, -0.2) is 8.78 Å². The first-order valence-corrected chi connectivity index (χ1v) is 3.88. The molecule has 3 N–H and O–H groups in total. The van der Waals surface area contributed by atoms with Gasteiger partial charge in [0.1, 0.15) is 17.7 Å². The summed E-state index contributed by atoms with van der Waals surface area (Å²) in [4.78, 5) is 10.5. The lowest BCUT2D eigenvalue weighted by Gasteiger charge is -2.10. The normalized spacial score (nSPS) is 12.6. The largest absolute Gasteiger partial charge is 0.480 e. The molecule has 1 aromatic carbocycles. The molecule has 0 aliphatic heterocycles. The van der Waals surface area contributed by atoms with Gasteiger partial charge in [-0.15, -0.1) is 0 Å². The molecule has 0 fully saturated rings. The van der Waals surface area contributed by atoms with Crippen LogP contribution in [-0.4, -0.2) is 11.1 Å². The Hall–Kier alpha value is -1.49. The quantitative estimate of drug-likeness (QED) is 0.759. The lowest BCUT2D eigenvalue weighted by molar-refractivity contribution is -0.138. The van der Waals surface area contributed by atoms with Crippen molar-refractivity contribution in [3.05, 3.63) is 34.9 Å². The second-order valence-electron chi connectivity index (χ2n) is 2.91. The predicted molar refractivity (Wildman–Crippen MR) is 45.7 cm³/mol. The Morgan fingerprint density at radius 3 is 2.57 bits per heavy atom. The van der Waals surface area contributed by atoms with Gasteiger partial charge in [0.15, 0.2) is 0 Å². The lowest BCUT2D eigenvalue weighted by Crippen LogP contribution is -2.23. The molecule has 0 radical (unpaired) electrons. The van der Waals surface area contributed by atoms with E-state index in [2.05, 4.69) is 0 Å². The van der Waals surface area contributed by atoms with Crippen LogP contribution in [0.25, 0.3) is 0 Å². The number of hydrogen-bond donors (Lipinski definition) is 2. The molecule has 3 nitrogen and oxygen atoms in total. The number of hydrogen-bond acceptors (Lipinski definition) is 2. The zero-order valence-corrected chi connectivity index (χ0v) is 7.42. The van der Waals surface area contributed by atoms with Crippen molar-refractivity contribution in [2.24, 2.45) is 5.73 Å². The van der Waals surface area contributed by atoms with E-state index in [1.165, 1.54) is 13.0 Å². The Kier molecular flexibility index (Phi) is 2.81. The van der Waals surface area contributed by atoms with Crippen LogP contribution >= 0.6 is 0 Å². The van der Waals surface area contributed by atoms with Gasteiger partial charge in [-0.2, -0.15) is 0 Å². The molecule has 0 aromatic heterocycles. The van der Waals surface area contributed by atoms with Gasteiger partial charge in [-0.1, -0.05) is 6.07 Å². The van der Waals surface area contributed by atoms with Crippen LogP contribution in [0.2, 0.25) is 0 Å². The molecular formula is C9H9F2NO2. The summed E-state index contributed by atoms with van der Waals surface area (Å²) in [5, 5.41) is 8.52. The molecule has 0 heterocycles. The summed E-state index contributed by atoms with van der Waals surface area (Å²) < 4.78 is 26.3. The fraction of sp³-hybridized carbons (Fsp3) is 0.222. The van der Waals surface area contributed by atoms with E-state index in [1.807, 2.05) is 0 Å². The van der Waals surface area contributed by atoms with E-state index in [0.29, 0.717) is 0 Å². The number of benzene rings is 1. The third-order valence-corrected chi connectivity index (χ3v) is 1.90. The van der Waals surface area contributed by atoms with E-state index in [1.54, 1.807) is 0 Å². The van der Waals surface area contributed by atoms with Crippen LogP contribution in [0.5, 0.6) is 0 Å². The number of aryl methyl sites for hydroxylation is 1.